The van der Waals surface area contributed by atoms with Gasteiger partial charge in [0.25, 0.3) is 5.91 Å². The zero-order valence-corrected chi connectivity index (χ0v) is 8.51. The lowest BCUT2D eigenvalue weighted by Crippen LogP contribution is -2.28. The van der Waals surface area contributed by atoms with Crippen LogP contribution in [0.5, 0.6) is 0 Å². The smallest absolute Gasteiger partial charge is 0.277 e. The van der Waals surface area contributed by atoms with Crippen LogP contribution >= 0.6 is 0 Å². The number of aromatic nitrogens is 1. The van der Waals surface area contributed by atoms with Crippen molar-refractivity contribution in [3.05, 3.63) is 35.3 Å². The first kappa shape index (κ1) is 11.2. The summed E-state index contributed by atoms with van der Waals surface area (Å²) in [6.07, 6.45) is 5.94. The van der Waals surface area contributed by atoms with Crippen molar-refractivity contribution in [2.45, 2.75) is 19.8 Å². The fourth-order valence-corrected chi connectivity index (χ4v) is 0.951. The molecule has 0 spiro atoms. The van der Waals surface area contributed by atoms with E-state index in [9.17, 15) is 10.0 Å². The fourth-order valence-electron chi connectivity index (χ4n) is 0.951. The van der Waals surface area contributed by atoms with Gasteiger partial charge in [-0.15, -0.1) is 0 Å². The molecule has 1 heterocycles. The van der Waals surface area contributed by atoms with Crippen LogP contribution in [-0.4, -0.2) is 12.1 Å². The molecule has 0 unspecified atom stereocenters. The lowest BCUT2D eigenvalue weighted by Gasteiger charge is -1.99. The molecule has 0 aliphatic carbocycles. The molecular weight excluding hydrogens is 194 g/mol. The first-order valence-electron chi connectivity index (χ1n) is 4.74. The summed E-state index contributed by atoms with van der Waals surface area (Å²) in [6, 6.07) is 3.07. The van der Waals surface area contributed by atoms with Gasteiger partial charge in [-0.1, -0.05) is 13.3 Å². The molecule has 1 aromatic rings. The molecule has 5 nitrogen and oxygen atoms in total. The largest absolute Gasteiger partial charge is 0.619 e. The molecule has 0 aromatic carbocycles. The molecule has 0 saturated carbocycles. The average Bonchev–Trinajstić information content (AvgIpc) is 2.24. The maximum Gasteiger partial charge on any atom is 0.277 e. The number of carbonyl (C=O) groups excluding carboxylic acids is 1. The molecule has 5 heteroatoms. The Labute approximate surface area is 88.0 Å². The summed E-state index contributed by atoms with van der Waals surface area (Å²) < 4.78 is 0.574. The van der Waals surface area contributed by atoms with Crippen LogP contribution in [0.25, 0.3) is 0 Å². The molecule has 1 N–H and O–H groups in total. The van der Waals surface area contributed by atoms with Gasteiger partial charge in [0, 0.05) is 12.3 Å². The van der Waals surface area contributed by atoms with Gasteiger partial charge in [-0.3, -0.25) is 4.79 Å². The van der Waals surface area contributed by atoms with E-state index >= 15 is 0 Å². The number of nitrogens with zero attached hydrogens (tertiary/aromatic N) is 2. The quantitative estimate of drug-likeness (QED) is 0.344. The van der Waals surface area contributed by atoms with Crippen molar-refractivity contribution >= 4 is 12.1 Å². The number of nitrogens with one attached hydrogen (secondary N) is 1. The van der Waals surface area contributed by atoms with Crippen molar-refractivity contribution < 1.29 is 9.52 Å². The Morgan fingerprint density at radius 1 is 1.73 bits per heavy atom. The Morgan fingerprint density at radius 2 is 2.53 bits per heavy atom. The number of hydrogen-bond acceptors (Lipinski definition) is 3. The number of rotatable bonds is 4. The van der Waals surface area contributed by atoms with E-state index in [-0.39, 0.29) is 5.91 Å². The van der Waals surface area contributed by atoms with E-state index in [2.05, 4.69) is 10.5 Å². The van der Waals surface area contributed by atoms with Crippen LogP contribution in [0.3, 0.4) is 0 Å². The van der Waals surface area contributed by atoms with Gasteiger partial charge in [0.2, 0.25) is 0 Å². The maximum absolute atomic E-state index is 11.4. The zero-order valence-electron chi connectivity index (χ0n) is 8.51. The van der Waals surface area contributed by atoms with Crippen LogP contribution in [-0.2, 0) is 0 Å². The predicted octanol–water partition coefficient (Wildman–Crippen LogP) is 0.836. The van der Waals surface area contributed by atoms with Gasteiger partial charge in [-0.25, -0.2) is 5.43 Å². The third-order valence-electron chi connectivity index (χ3n) is 1.71. The second-order valence-electron chi connectivity index (χ2n) is 2.99. The second-order valence-corrected chi connectivity index (χ2v) is 2.99. The molecule has 0 radical (unpaired) electrons. The van der Waals surface area contributed by atoms with Crippen LogP contribution in [0.2, 0.25) is 0 Å². The van der Waals surface area contributed by atoms with E-state index in [4.69, 9.17) is 0 Å². The predicted molar refractivity (Wildman–Crippen MR) is 56.3 cm³/mol. The minimum absolute atomic E-state index is 0.293. The highest BCUT2D eigenvalue weighted by Crippen LogP contribution is 1.93. The Kier molecular flexibility index (Phi) is 4.28. The number of unbranched alkanes of at least 4 members (excludes halogenated alkanes) is 1. The molecule has 0 atom stereocenters. The van der Waals surface area contributed by atoms with Crippen LogP contribution in [0.1, 0.15) is 30.1 Å². The van der Waals surface area contributed by atoms with Gasteiger partial charge in [0.15, 0.2) is 12.4 Å². The maximum atomic E-state index is 11.4. The summed E-state index contributed by atoms with van der Waals surface area (Å²) in [5.74, 6) is -0.382. The zero-order chi connectivity index (χ0) is 11.1. The van der Waals surface area contributed by atoms with Crippen molar-refractivity contribution in [3.8, 4) is 0 Å². The normalized spacial score (nSPS) is 10.5. The Balaban J connectivity index is 2.54. The summed E-state index contributed by atoms with van der Waals surface area (Å²) in [4.78, 5) is 11.4. The van der Waals surface area contributed by atoms with Crippen molar-refractivity contribution in [1.82, 2.24) is 5.43 Å². The summed E-state index contributed by atoms with van der Waals surface area (Å²) in [6.45, 7) is 2.02. The first-order chi connectivity index (χ1) is 7.24. The SMILES string of the molecule is CCC/C=N\NC(=O)c1ccc[n+]([O-])c1. The van der Waals surface area contributed by atoms with E-state index in [1.165, 1.54) is 18.5 Å². The Hall–Kier alpha value is -1.91. The summed E-state index contributed by atoms with van der Waals surface area (Å²) >= 11 is 0. The van der Waals surface area contributed by atoms with Crippen LogP contribution in [0.4, 0.5) is 0 Å². The molecule has 1 aromatic heterocycles. The minimum atomic E-state index is -0.382. The molecule has 1 rings (SSSR count). The molecule has 80 valence electrons. The van der Waals surface area contributed by atoms with Gasteiger partial charge in [0.1, 0.15) is 5.56 Å². The molecule has 1 amide bonds. The lowest BCUT2D eigenvalue weighted by molar-refractivity contribution is -0.605. The third-order valence-corrected chi connectivity index (χ3v) is 1.71. The van der Waals surface area contributed by atoms with Crippen LogP contribution in [0.15, 0.2) is 29.6 Å². The highest BCUT2D eigenvalue weighted by Gasteiger charge is 2.06. The van der Waals surface area contributed by atoms with Gasteiger partial charge >= 0.3 is 0 Å². The van der Waals surface area contributed by atoms with Crippen molar-refractivity contribution in [1.29, 1.82) is 0 Å². The standard InChI is InChI=1S/C10H13N3O2/c1-2-3-6-11-12-10(14)9-5-4-7-13(15)8-9/h4-8H,2-3H2,1H3,(H,12,14)/b11-6-. The molecule has 0 aliphatic heterocycles. The van der Waals surface area contributed by atoms with E-state index < -0.39 is 0 Å². The monoisotopic (exact) mass is 207 g/mol. The summed E-state index contributed by atoms with van der Waals surface area (Å²) in [5.41, 5.74) is 2.63. The number of carbonyl (C=O) groups is 1. The number of hydrogen-bond donors (Lipinski definition) is 1. The van der Waals surface area contributed by atoms with Crippen molar-refractivity contribution in [2.24, 2.45) is 5.10 Å². The molecule has 0 saturated heterocycles. The molecule has 0 bridgehead atoms. The lowest BCUT2D eigenvalue weighted by atomic mass is 10.3. The highest BCUT2D eigenvalue weighted by atomic mass is 16.5. The van der Waals surface area contributed by atoms with Crippen molar-refractivity contribution in [3.63, 3.8) is 0 Å². The third kappa shape index (κ3) is 3.76. The minimum Gasteiger partial charge on any atom is -0.619 e. The van der Waals surface area contributed by atoms with Crippen LogP contribution in [0, 0.1) is 5.21 Å². The second kappa shape index (κ2) is 5.74. The van der Waals surface area contributed by atoms with Crippen LogP contribution < -0.4 is 10.2 Å². The van der Waals surface area contributed by atoms with Crippen molar-refractivity contribution in [2.75, 3.05) is 0 Å². The van der Waals surface area contributed by atoms with E-state index in [1.807, 2.05) is 6.92 Å². The fraction of sp³-hybridized carbons (Fsp3) is 0.300. The molecule has 0 fully saturated rings. The van der Waals surface area contributed by atoms with E-state index in [0.717, 1.165) is 12.8 Å². The highest BCUT2D eigenvalue weighted by molar-refractivity contribution is 5.93. The van der Waals surface area contributed by atoms with Gasteiger partial charge < -0.3 is 5.21 Å². The summed E-state index contributed by atoms with van der Waals surface area (Å²) in [7, 11) is 0. The molecular formula is C10H13N3O2. The van der Waals surface area contributed by atoms with E-state index in [0.29, 0.717) is 10.3 Å². The van der Waals surface area contributed by atoms with Gasteiger partial charge in [-0.05, 0) is 12.5 Å². The first-order valence-corrected chi connectivity index (χ1v) is 4.74. The Bertz CT molecular complexity index is 363. The Morgan fingerprint density at radius 3 is 3.20 bits per heavy atom. The molecule has 0 aliphatic rings. The number of amides is 1. The number of pyridine rings is 1. The number of hydrazone groups is 1. The summed E-state index contributed by atoms with van der Waals surface area (Å²) in [5, 5.41) is 14.6. The topological polar surface area (TPSA) is 68.4 Å². The average molecular weight is 207 g/mol. The van der Waals surface area contributed by atoms with Gasteiger partial charge in [-0.2, -0.15) is 9.83 Å². The molecule has 15 heavy (non-hydrogen) atoms. The van der Waals surface area contributed by atoms with Gasteiger partial charge in [0.05, 0.1) is 0 Å². The van der Waals surface area contributed by atoms with E-state index in [1.54, 1.807) is 12.3 Å².